The molecule has 4 heteroatoms. The van der Waals surface area contributed by atoms with Gasteiger partial charge in [0.2, 0.25) is 5.91 Å². The number of amides is 1. The van der Waals surface area contributed by atoms with E-state index in [1.807, 2.05) is 11.8 Å². The van der Waals surface area contributed by atoms with Crippen molar-refractivity contribution in [3.63, 3.8) is 0 Å². The van der Waals surface area contributed by atoms with E-state index in [4.69, 9.17) is 12.2 Å². The van der Waals surface area contributed by atoms with Crippen molar-refractivity contribution in [3.05, 3.63) is 0 Å². The third-order valence-corrected chi connectivity index (χ3v) is 2.70. The van der Waals surface area contributed by atoms with Crippen LogP contribution in [0, 0.1) is 12.3 Å². The highest BCUT2D eigenvalue weighted by Crippen LogP contribution is 2.01. The van der Waals surface area contributed by atoms with Gasteiger partial charge in [0.1, 0.15) is 0 Å². The Balaban J connectivity index is 3.35. The number of carbonyl (C=O) groups is 1. The Morgan fingerprint density at radius 2 is 2.27 bits per heavy atom. The first-order valence-corrected chi connectivity index (χ1v) is 6.57. The lowest BCUT2D eigenvalue weighted by Crippen LogP contribution is -2.40. The van der Waals surface area contributed by atoms with E-state index < -0.39 is 6.04 Å². The first-order chi connectivity index (χ1) is 7.22. The predicted octanol–water partition coefficient (Wildman–Crippen LogP) is 0.986. The van der Waals surface area contributed by atoms with Crippen LogP contribution in [0.4, 0.5) is 0 Å². The minimum absolute atomic E-state index is 0.141. The minimum Gasteiger partial charge on any atom is -0.355 e. The second kappa shape index (κ2) is 9.88. The van der Waals surface area contributed by atoms with E-state index >= 15 is 0 Å². The molecule has 86 valence electrons. The van der Waals surface area contributed by atoms with E-state index in [1.54, 1.807) is 0 Å². The SMILES string of the molecule is C#CCC(N)C(=O)NCCCCCSC. The zero-order valence-electron chi connectivity index (χ0n) is 9.29. The monoisotopic (exact) mass is 228 g/mol. The van der Waals surface area contributed by atoms with Gasteiger partial charge < -0.3 is 11.1 Å². The highest BCUT2D eigenvalue weighted by molar-refractivity contribution is 7.98. The first-order valence-electron chi connectivity index (χ1n) is 5.18. The molecular formula is C11H20N2OS. The molecule has 0 aliphatic heterocycles. The summed E-state index contributed by atoms with van der Waals surface area (Å²) in [5.41, 5.74) is 5.53. The molecular weight excluding hydrogens is 208 g/mol. The van der Waals surface area contributed by atoms with Gasteiger partial charge in [-0.1, -0.05) is 6.42 Å². The molecule has 3 nitrogen and oxygen atoms in total. The number of nitrogens with one attached hydrogen (secondary N) is 1. The van der Waals surface area contributed by atoms with Crippen LogP contribution in [0.5, 0.6) is 0 Å². The Morgan fingerprint density at radius 3 is 2.87 bits per heavy atom. The molecule has 0 aromatic rings. The summed E-state index contributed by atoms with van der Waals surface area (Å²) < 4.78 is 0. The quantitative estimate of drug-likeness (QED) is 0.481. The van der Waals surface area contributed by atoms with E-state index in [1.165, 1.54) is 12.2 Å². The third-order valence-electron chi connectivity index (χ3n) is 2.00. The molecule has 0 rings (SSSR count). The van der Waals surface area contributed by atoms with Crippen molar-refractivity contribution in [3.8, 4) is 12.3 Å². The second-order valence-electron chi connectivity index (χ2n) is 3.36. The van der Waals surface area contributed by atoms with Gasteiger partial charge in [-0.25, -0.2) is 0 Å². The maximum Gasteiger partial charge on any atom is 0.237 e. The summed E-state index contributed by atoms with van der Waals surface area (Å²) in [5.74, 6) is 3.42. The smallest absolute Gasteiger partial charge is 0.237 e. The lowest BCUT2D eigenvalue weighted by molar-refractivity contribution is -0.122. The number of hydrogen-bond donors (Lipinski definition) is 2. The Bertz CT molecular complexity index is 213. The van der Waals surface area contributed by atoms with Crippen LogP contribution < -0.4 is 11.1 Å². The molecule has 1 unspecified atom stereocenters. The van der Waals surface area contributed by atoms with Crippen LogP contribution in [0.15, 0.2) is 0 Å². The van der Waals surface area contributed by atoms with Crippen LogP contribution >= 0.6 is 11.8 Å². The number of rotatable bonds is 8. The minimum atomic E-state index is -0.554. The molecule has 0 aromatic heterocycles. The highest BCUT2D eigenvalue weighted by atomic mass is 32.2. The molecule has 0 aliphatic rings. The second-order valence-corrected chi connectivity index (χ2v) is 4.34. The number of hydrogen-bond acceptors (Lipinski definition) is 3. The Hall–Kier alpha value is -0.660. The molecule has 1 atom stereocenters. The molecule has 3 N–H and O–H groups in total. The number of terminal acetylenes is 1. The lowest BCUT2D eigenvalue weighted by Gasteiger charge is -2.09. The fourth-order valence-corrected chi connectivity index (χ4v) is 1.60. The van der Waals surface area contributed by atoms with Gasteiger partial charge in [0.15, 0.2) is 0 Å². The van der Waals surface area contributed by atoms with E-state index in [0.29, 0.717) is 13.0 Å². The van der Waals surface area contributed by atoms with Crippen molar-refractivity contribution >= 4 is 17.7 Å². The Kier molecular flexibility index (Phi) is 9.44. The van der Waals surface area contributed by atoms with Gasteiger partial charge >= 0.3 is 0 Å². The maximum absolute atomic E-state index is 11.3. The average Bonchev–Trinajstić information content (AvgIpc) is 2.23. The van der Waals surface area contributed by atoms with Crippen molar-refractivity contribution in [2.75, 3.05) is 18.6 Å². The number of nitrogens with two attached hydrogens (primary N) is 1. The molecule has 15 heavy (non-hydrogen) atoms. The zero-order chi connectivity index (χ0) is 11.5. The van der Waals surface area contributed by atoms with Crippen LogP contribution in [-0.4, -0.2) is 30.5 Å². The lowest BCUT2D eigenvalue weighted by atomic mass is 10.2. The summed E-state index contributed by atoms with van der Waals surface area (Å²) in [6.45, 7) is 0.700. The fraction of sp³-hybridized carbons (Fsp3) is 0.727. The maximum atomic E-state index is 11.3. The molecule has 0 aliphatic carbocycles. The summed E-state index contributed by atoms with van der Waals surface area (Å²) in [4.78, 5) is 11.3. The van der Waals surface area contributed by atoms with E-state index in [-0.39, 0.29) is 5.91 Å². The van der Waals surface area contributed by atoms with Crippen molar-refractivity contribution < 1.29 is 4.79 Å². The van der Waals surface area contributed by atoms with Crippen molar-refractivity contribution in [1.29, 1.82) is 0 Å². The van der Waals surface area contributed by atoms with Crippen molar-refractivity contribution in [2.24, 2.45) is 5.73 Å². The number of unbranched alkanes of at least 4 members (excludes halogenated alkanes) is 2. The van der Waals surface area contributed by atoms with Crippen LogP contribution in [0.1, 0.15) is 25.7 Å². The Morgan fingerprint density at radius 1 is 1.53 bits per heavy atom. The van der Waals surface area contributed by atoms with E-state index in [9.17, 15) is 4.79 Å². The molecule has 0 aromatic carbocycles. The van der Waals surface area contributed by atoms with Crippen LogP contribution in [0.2, 0.25) is 0 Å². The van der Waals surface area contributed by atoms with Crippen LogP contribution in [0.25, 0.3) is 0 Å². The normalized spacial score (nSPS) is 11.8. The molecule has 0 fully saturated rings. The van der Waals surface area contributed by atoms with E-state index in [2.05, 4.69) is 17.5 Å². The third kappa shape index (κ3) is 8.34. The van der Waals surface area contributed by atoms with Crippen molar-refractivity contribution in [1.82, 2.24) is 5.32 Å². The average molecular weight is 228 g/mol. The van der Waals surface area contributed by atoms with Gasteiger partial charge in [-0.15, -0.1) is 12.3 Å². The van der Waals surface area contributed by atoms with Gasteiger partial charge in [0.05, 0.1) is 6.04 Å². The van der Waals surface area contributed by atoms with Crippen molar-refractivity contribution in [2.45, 2.75) is 31.7 Å². The molecule has 0 saturated heterocycles. The topological polar surface area (TPSA) is 55.1 Å². The number of thioether (sulfide) groups is 1. The van der Waals surface area contributed by atoms with Gasteiger partial charge in [-0.05, 0) is 24.9 Å². The summed E-state index contributed by atoms with van der Waals surface area (Å²) in [6, 6.07) is -0.554. The predicted molar refractivity (Wildman–Crippen MR) is 66.7 cm³/mol. The zero-order valence-corrected chi connectivity index (χ0v) is 10.1. The molecule has 0 bridgehead atoms. The first kappa shape index (κ1) is 14.3. The standard InChI is InChI=1S/C11H20N2OS/c1-3-7-10(12)11(14)13-8-5-4-6-9-15-2/h1,10H,4-9,12H2,2H3,(H,13,14). The largest absolute Gasteiger partial charge is 0.355 e. The van der Waals surface area contributed by atoms with Crippen LogP contribution in [0.3, 0.4) is 0 Å². The van der Waals surface area contributed by atoms with Crippen LogP contribution in [-0.2, 0) is 4.79 Å². The van der Waals surface area contributed by atoms with Gasteiger partial charge in [-0.2, -0.15) is 11.8 Å². The summed E-state index contributed by atoms with van der Waals surface area (Å²) in [5, 5.41) is 2.78. The fourth-order valence-electron chi connectivity index (χ4n) is 1.11. The van der Waals surface area contributed by atoms with Gasteiger partial charge in [0, 0.05) is 13.0 Å². The highest BCUT2D eigenvalue weighted by Gasteiger charge is 2.10. The van der Waals surface area contributed by atoms with Gasteiger partial charge in [-0.3, -0.25) is 4.79 Å². The molecule has 0 heterocycles. The number of carbonyl (C=O) groups excluding carboxylic acids is 1. The summed E-state index contributed by atoms with van der Waals surface area (Å²) in [7, 11) is 0. The molecule has 1 amide bonds. The molecule has 0 radical (unpaired) electrons. The van der Waals surface area contributed by atoms with E-state index in [0.717, 1.165) is 12.8 Å². The summed E-state index contributed by atoms with van der Waals surface area (Å²) in [6.07, 6.45) is 10.8. The molecule has 0 spiro atoms. The molecule has 0 saturated carbocycles. The van der Waals surface area contributed by atoms with Gasteiger partial charge in [0.25, 0.3) is 0 Å². The summed E-state index contributed by atoms with van der Waals surface area (Å²) >= 11 is 1.85. The Labute approximate surface area is 96.6 Å².